The van der Waals surface area contributed by atoms with Crippen LogP contribution in [0.2, 0.25) is 10.2 Å². The first-order valence-corrected chi connectivity index (χ1v) is 6.06. The van der Waals surface area contributed by atoms with E-state index in [1.165, 1.54) is 0 Å². The summed E-state index contributed by atoms with van der Waals surface area (Å²) in [5.74, 6) is -0.199. The molecule has 0 aliphatic carbocycles. The van der Waals surface area contributed by atoms with Gasteiger partial charge in [0.25, 0.3) is 0 Å². The maximum absolute atomic E-state index is 10.8. The van der Waals surface area contributed by atoms with Crippen LogP contribution in [-0.4, -0.2) is 28.1 Å². The molecule has 1 aromatic rings. The predicted molar refractivity (Wildman–Crippen MR) is 65.3 cm³/mol. The topological polar surface area (TPSA) is 46.9 Å². The van der Waals surface area contributed by atoms with E-state index < -0.39 is 0 Å². The molecule has 0 saturated heterocycles. The third-order valence-corrected chi connectivity index (χ3v) is 3.16. The van der Waals surface area contributed by atoms with Gasteiger partial charge < -0.3 is 5.32 Å². The number of aryl methyl sites for hydroxylation is 2. The Bertz CT molecular complexity index is 378. The molecule has 1 rings (SSSR count). The van der Waals surface area contributed by atoms with Crippen molar-refractivity contribution >= 4 is 40.7 Å². The van der Waals surface area contributed by atoms with E-state index in [-0.39, 0.29) is 11.8 Å². The van der Waals surface area contributed by atoms with Crippen molar-refractivity contribution in [3.05, 3.63) is 15.9 Å². The molecule has 1 heterocycles. The molecular formula is C9H12Cl3N3O. The zero-order chi connectivity index (χ0) is 12.1. The van der Waals surface area contributed by atoms with Gasteiger partial charge in [0.05, 0.1) is 5.69 Å². The highest BCUT2D eigenvalue weighted by molar-refractivity contribution is 6.41. The molecule has 0 atom stereocenters. The summed E-state index contributed by atoms with van der Waals surface area (Å²) in [6, 6.07) is 0. The average molecular weight is 285 g/mol. The molecule has 0 aromatic carbocycles. The maximum atomic E-state index is 10.8. The van der Waals surface area contributed by atoms with Crippen molar-refractivity contribution < 1.29 is 4.79 Å². The predicted octanol–water partition coefficient (Wildman–Crippen LogP) is 2.24. The number of carbonyl (C=O) groups excluding carboxylic acids is 1. The SMILES string of the molecule is Cc1nn(CCCNC(=O)CCl)c(Cl)c1Cl. The first-order chi connectivity index (χ1) is 7.56. The summed E-state index contributed by atoms with van der Waals surface area (Å²) in [7, 11) is 0. The Morgan fingerprint density at radius 1 is 1.50 bits per heavy atom. The van der Waals surface area contributed by atoms with E-state index in [0.717, 1.165) is 6.42 Å². The van der Waals surface area contributed by atoms with E-state index in [1.54, 1.807) is 11.6 Å². The largest absolute Gasteiger partial charge is 0.355 e. The fourth-order valence-corrected chi connectivity index (χ4v) is 1.67. The number of nitrogens with one attached hydrogen (secondary N) is 1. The number of hydrogen-bond acceptors (Lipinski definition) is 2. The molecule has 0 unspecified atom stereocenters. The molecular weight excluding hydrogens is 272 g/mol. The maximum Gasteiger partial charge on any atom is 0.234 e. The zero-order valence-electron chi connectivity index (χ0n) is 8.76. The van der Waals surface area contributed by atoms with Crippen molar-refractivity contribution in [2.45, 2.75) is 19.9 Å². The smallest absolute Gasteiger partial charge is 0.234 e. The minimum Gasteiger partial charge on any atom is -0.355 e. The average Bonchev–Trinajstić information content (AvgIpc) is 2.52. The number of alkyl halides is 1. The van der Waals surface area contributed by atoms with Crippen molar-refractivity contribution in [2.75, 3.05) is 12.4 Å². The van der Waals surface area contributed by atoms with Gasteiger partial charge in [0.2, 0.25) is 5.91 Å². The van der Waals surface area contributed by atoms with Crippen LogP contribution in [0, 0.1) is 6.92 Å². The number of nitrogens with zero attached hydrogens (tertiary/aromatic N) is 2. The fourth-order valence-electron chi connectivity index (χ4n) is 1.18. The first kappa shape index (κ1) is 13.6. The molecule has 90 valence electrons. The van der Waals surface area contributed by atoms with Gasteiger partial charge in [-0.05, 0) is 13.3 Å². The van der Waals surface area contributed by atoms with E-state index in [2.05, 4.69) is 10.4 Å². The van der Waals surface area contributed by atoms with Crippen LogP contribution in [0.1, 0.15) is 12.1 Å². The van der Waals surface area contributed by atoms with Crippen LogP contribution in [0.3, 0.4) is 0 Å². The molecule has 0 bridgehead atoms. The van der Waals surface area contributed by atoms with Crippen LogP contribution in [0.15, 0.2) is 0 Å². The Kier molecular flexibility index (Phi) is 5.38. The van der Waals surface area contributed by atoms with Crippen LogP contribution in [-0.2, 0) is 11.3 Å². The molecule has 7 heteroatoms. The Balaban J connectivity index is 2.38. The highest BCUT2D eigenvalue weighted by Gasteiger charge is 2.10. The molecule has 4 nitrogen and oxygen atoms in total. The third-order valence-electron chi connectivity index (χ3n) is 1.99. The highest BCUT2D eigenvalue weighted by Crippen LogP contribution is 2.24. The molecule has 0 radical (unpaired) electrons. The number of hydrogen-bond donors (Lipinski definition) is 1. The van der Waals surface area contributed by atoms with Crippen molar-refractivity contribution in [2.24, 2.45) is 0 Å². The number of rotatable bonds is 5. The molecule has 1 N–H and O–H groups in total. The van der Waals surface area contributed by atoms with Crippen molar-refractivity contribution in [3.8, 4) is 0 Å². The van der Waals surface area contributed by atoms with E-state index in [9.17, 15) is 4.79 Å². The lowest BCUT2D eigenvalue weighted by molar-refractivity contribution is -0.118. The van der Waals surface area contributed by atoms with Crippen LogP contribution in [0.5, 0.6) is 0 Å². The van der Waals surface area contributed by atoms with E-state index in [1.807, 2.05) is 0 Å². The van der Waals surface area contributed by atoms with Crippen LogP contribution in [0.25, 0.3) is 0 Å². The van der Waals surface area contributed by atoms with Gasteiger partial charge in [0, 0.05) is 13.1 Å². The van der Waals surface area contributed by atoms with E-state index in [0.29, 0.717) is 29.0 Å². The number of carbonyl (C=O) groups is 1. The molecule has 1 aromatic heterocycles. The minimum atomic E-state index is -0.178. The van der Waals surface area contributed by atoms with Gasteiger partial charge in [-0.2, -0.15) is 5.10 Å². The summed E-state index contributed by atoms with van der Waals surface area (Å²) in [5, 5.41) is 7.73. The Morgan fingerprint density at radius 3 is 2.69 bits per heavy atom. The summed E-state index contributed by atoms with van der Waals surface area (Å²) in [6.45, 7) is 2.94. The van der Waals surface area contributed by atoms with E-state index >= 15 is 0 Å². The van der Waals surface area contributed by atoms with Crippen molar-refractivity contribution in [1.29, 1.82) is 0 Å². The molecule has 1 amide bonds. The van der Waals surface area contributed by atoms with Crippen LogP contribution in [0.4, 0.5) is 0 Å². The standard InChI is InChI=1S/C9H12Cl3N3O/c1-6-8(11)9(12)15(14-6)4-2-3-13-7(16)5-10/h2-5H2,1H3,(H,13,16). The van der Waals surface area contributed by atoms with Crippen molar-refractivity contribution in [3.63, 3.8) is 0 Å². The van der Waals surface area contributed by atoms with Gasteiger partial charge in [0.15, 0.2) is 0 Å². The van der Waals surface area contributed by atoms with Gasteiger partial charge in [-0.1, -0.05) is 23.2 Å². The first-order valence-electron chi connectivity index (χ1n) is 4.77. The molecule has 0 saturated carbocycles. The lowest BCUT2D eigenvalue weighted by Crippen LogP contribution is -2.26. The second-order valence-electron chi connectivity index (χ2n) is 3.25. The van der Waals surface area contributed by atoms with Gasteiger partial charge in [-0.3, -0.25) is 9.48 Å². The summed E-state index contributed by atoms with van der Waals surface area (Å²) in [4.78, 5) is 10.8. The molecule has 0 aliphatic heterocycles. The van der Waals surface area contributed by atoms with Gasteiger partial charge in [0.1, 0.15) is 16.1 Å². The molecule has 16 heavy (non-hydrogen) atoms. The fraction of sp³-hybridized carbons (Fsp3) is 0.556. The summed E-state index contributed by atoms with van der Waals surface area (Å²) < 4.78 is 1.62. The van der Waals surface area contributed by atoms with Crippen LogP contribution < -0.4 is 5.32 Å². The summed E-state index contributed by atoms with van der Waals surface area (Å²) >= 11 is 17.2. The minimum absolute atomic E-state index is 0.0204. The highest BCUT2D eigenvalue weighted by atomic mass is 35.5. The second kappa shape index (κ2) is 6.33. The van der Waals surface area contributed by atoms with Crippen LogP contribution >= 0.6 is 34.8 Å². The zero-order valence-corrected chi connectivity index (χ0v) is 11.0. The van der Waals surface area contributed by atoms with Gasteiger partial charge in [-0.15, -0.1) is 11.6 Å². The van der Waals surface area contributed by atoms with E-state index in [4.69, 9.17) is 34.8 Å². The summed E-state index contributed by atoms with van der Waals surface area (Å²) in [6.07, 6.45) is 0.722. The number of halogens is 3. The van der Waals surface area contributed by atoms with Crippen molar-refractivity contribution in [1.82, 2.24) is 15.1 Å². The normalized spacial score (nSPS) is 10.5. The number of amides is 1. The molecule has 0 spiro atoms. The number of aromatic nitrogens is 2. The monoisotopic (exact) mass is 283 g/mol. The lowest BCUT2D eigenvalue weighted by Gasteiger charge is -2.04. The lowest BCUT2D eigenvalue weighted by atomic mass is 10.4. The quantitative estimate of drug-likeness (QED) is 0.666. The molecule has 0 aliphatic rings. The summed E-state index contributed by atoms with van der Waals surface area (Å²) in [5.41, 5.74) is 0.705. The van der Waals surface area contributed by atoms with Gasteiger partial charge in [-0.25, -0.2) is 0 Å². The Hall–Kier alpha value is -0.450. The second-order valence-corrected chi connectivity index (χ2v) is 4.25. The Labute approximate surface area is 109 Å². The van der Waals surface area contributed by atoms with Gasteiger partial charge >= 0.3 is 0 Å². The Morgan fingerprint density at radius 2 is 2.19 bits per heavy atom. The third kappa shape index (κ3) is 3.54. The molecule has 0 fully saturated rings.